The van der Waals surface area contributed by atoms with Gasteiger partial charge in [0.15, 0.2) is 0 Å². The van der Waals surface area contributed by atoms with Gasteiger partial charge in [0.1, 0.15) is 5.82 Å². The molecule has 1 saturated carbocycles. The molecular formula is C14H20N4O2. The standard InChI is InChI=1S/C14H20N4O2/c19-14(10-15-11-1-2-11)17-12-3-4-13(16-9-12)18-5-7-20-8-6-18/h3-4,9,11,15H,1-2,5-8,10H2,(H,17,19). The maximum absolute atomic E-state index is 11.7. The molecule has 2 N–H and O–H groups in total. The largest absolute Gasteiger partial charge is 0.378 e. The fourth-order valence-corrected chi connectivity index (χ4v) is 2.17. The smallest absolute Gasteiger partial charge is 0.238 e. The van der Waals surface area contributed by atoms with Crippen molar-refractivity contribution in [3.8, 4) is 0 Å². The number of carbonyl (C=O) groups excluding carboxylic acids is 1. The molecule has 0 unspecified atom stereocenters. The number of anilines is 2. The number of ether oxygens (including phenoxy) is 1. The summed E-state index contributed by atoms with van der Waals surface area (Å²) in [6.45, 7) is 3.59. The van der Waals surface area contributed by atoms with E-state index in [2.05, 4.69) is 20.5 Å². The van der Waals surface area contributed by atoms with E-state index in [0.29, 0.717) is 12.6 Å². The van der Waals surface area contributed by atoms with Crippen LogP contribution >= 0.6 is 0 Å². The lowest BCUT2D eigenvalue weighted by Gasteiger charge is -2.27. The summed E-state index contributed by atoms with van der Waals surface area (Å²) in [5, 5.41) is 6.03. The van der Waals surface area contributed by atoms with Crippen molar-refractivity contribution in [3.63, 3.8) is 0 Å². The molecule has 1 saturated heterocycles. The van der Waals surface area contributed by atoms with Crippen molar-refractivity contribution in [2.45, 2.75) is 18.9 Å². The molecule has 108 valence electrons. The van der Waals surface area contributed by atoms with Crippen molar-refractivity contribution >= 4 is 17.4 Å². The van der Waals surface area contributed by atoms with Crippen LogP contribution in [0.25, 0.3) is 0 Å². The van der Waals surface area contributed by atoms with Crippen LogP contribution in [0.5, 0.6) is 0 Å². The number of nitrogens with zero attached hydrogens (tertiary/aromatic N) is 2. The zero-order valence-electron chi connectivity index (χ0n) is 11.5. The SMILES string of the molecule is O=C(CNC1CC1)Nc1ccc(N2CCOCC2)nc1. The van der Waals surface area contributed by atoms with E-state index in [1.165, 1.54) is 12.8 Å². The molecule has 1 aliphatic carbocycles. The third kappa shape index (κ3) is 3.68. The minimum absolute atomic E-state index is 0.0159. The number of morpholine rings is 1. The van der Waals surface area contributed by atoms with E-state index in [1.54, 1.807) is 6.20 Å². The Bertz CT molecular complexity index is 453. The van der Waals surface area contributed by atoms with E-state index in [4.69, 9.17) is 4.74 Å². The first-order valence-corrected chi connectivity index (χ1v) is 7.13. The van der Waals surface area contributed by atoms with E-state index in [1.807, 2.05) is 12.1 Å². The van der Waals surface area contributed by atoms with Crippen LogP contribution in [0.2, 0.25) is 0 Å². The molecular weight excluding hydrogens is 256 g/mol. The minimum Gasteiger partial charge on any atom is -0.378 e. The molecule has 0 spiro atoms. The Morgan fingerprint density at radius 3 is 2.80 bits per heavy atom. The lowest BCUT2D eigenvalue weighted by Crippen LogP contribution is -2.36. The Labute approximate surface area is 118 Å². The molecule has 3 rings (SSSR count). The number of hydrogen-bond acceptors (Lipinski definition) is 5. The Balaban J connectivity index is 1.50. The van der Waals surface area contributed by atoms with Gasteiger partial charge in [-0.05, 0) is 25.0 Å². The quantitative estimate of drug-likeness (QED) is 0.825. The van der Waals surface area contributed by atoms with Gasteiger partial charge in [-0.1, -0.05) is 0 Å². The van der Waals surface area contributed by atoms with Crippen molar-refractivity contribution in [3.05, 3.63) is 18.3 Å². The van der Waals surface area contributed by atoms with Gasteiger partial charge in [-0.15, -0.1) is 0 Å². The van der Waals surface area contributed by atoms with E-state index in [-0.39, 0.29) is 5.91 Å². The fourth-order valence-electron chi connectivity index (χ4n) is 2.17. The third-order valence-electron chi connectivity index (χ3n) is 3.50. The molecule has 1 aliphatic heterocycles. The average Bonchev–Trinajstić information content (AvgIpc) is 3.31. The highest BCUT2D eigenvalue weighted by Crippen LogP contribution is 2.18. The molecule has 1 aromatic heterocycles. The summed E-state index contributed by atoms with van der Waals surface area (Å²) in [6, 6.07) is 4.38. The number of nitrogens with one attached hydrogen (secondary N) is 2. The Morgan fingerprint density at radius 2 is 2.15 bits per heavy atom. The Hall–Kier alpha value is -1.66. The summed E-state index contributed by atoms with van der Waals surface area (Å²) in [6.07, 6.45) is 4.08. The van der Waals surface area contributed by atoms with Gasteiger partial charge in [0, 0.05) is 19.1 Å². The van der Waals surface area contributed by atoms with Crippen molar-refractivity contribution < 1.29 is 9.53 Å². The van der Waals surface area contributed by atoms with Crippen LogP contribution in [0.3, 0.4) is 0 Å². The van der Waals surface area contributed by atoms with Gasteiger partial charge in [-0.2, -0.15) is 0 Å². The van der Waals surface area contributed by atoms with Crippen molar-refractivity contribution in [2.75, 3.05) is 43.1 Å². The predicted octanol–water partition coefficient (Wildman–Crippen LogP) is 0.609. The van der Waals surface area contributed by atoms with Gasteiger partial charge in [0.05, 0.1) is 31.6 Å². The highest BCUT2D eigenvalue weighted by Gasteiger charge is 2.21. The molecule has 2 heterocycles. The van der Waals surface area contributed by atoms with Crippen LogP contribution < -0.4 is 15.5 Å². The van der Waals surface area contributed by atoms with E-state index in [0.717, 1.165) is 37.8 Å². The zero-order chi connectivity index (χ0) is 13.8. The summed E-state index contributed by atoms with van der Waals surface area (Å²) in [4.78, 5) is 18.3. The lowest BCUT2D eigenvalue weighted by molar-refractivity contribution is -0.115. The highest BCUT2D eigenvalue weighted by atomic mass is 16.5. The number of pyridine rings is 1. The molecule has 6 heteroatoms. The molecule has 1 amide bonds. The average molecular weight is 276 g/mol. The van der Waals surface area contributed by atoms with Crippen molar-refractivity contribution in [1.82, 2.24) is 10.3 Å². The molecule has 20 heavy (non-hydrogen) atoms. The number of amides is 1. The van der Waals surface area contributed by atoms with Crippen LogP contribution in [-0.2, 0) is 9.53 Å². The predicted molar refractivity (Wildman–Crippen MR) is 76.9 cm³/mol. The molecule has 2 aliphatic rings. The molecule has 1 aromatic rings. The minimum atomic E-state index is -0.0159. The van der Waals surface area contributed by atoms with E-state index < -0.39 is 0 Å². The van der Waals surface area contributed by atoms with Gasteiger partial charge in [0.2, 0.25) is 5.91 Å². The first-order valence-electron chi connectivity index (χ1n) is 7.13. The zero-order valence-corrected chi connectivity index (χ0v) is 11.5. The second-order valence-electron chi connectivity index (χ2n) is 5.21. The second-order valence-corrected chi connectivity index (χ2v) is 5.21. The van der Waals surface area contributed by atoms with Crippen LogP contribution in [0.15, 0.2) is 18.3 Å². The first kappa shape index (κ1) is 13.3. The van der Waals surface area contributed by atoms with E-state index >= 15 is 0 Å². The molecule has 0 radical (unpaired) electrons. The topological polar surface area (TPSA) is 66.5 Å². The number of carbonyl (C=O) groups is 1. The monoisotopic (exact) mass is 276 g/mol. The van der Waals surface area contributed by atoms with Crippen LogP contribution in [-0.4, -0.2) is 49.8 Å². The molecule has 0 aromatic carbocycles. The highest BCUT2D eigenvalue weighted by molar-refractivity contribution is 5.92. The Kier molecular flexibility index (Phi) is 4.13. The number of hydrogen-bond donors (Lipinski definition) is 2. The summed E-state index contributed by atoms with van der Waals surface area (Å²) >= 11 is 0. The van der Waals surface area contributed by atoms with Gasteiger partial charge in [0.25, 0.3) is 0 Å². The fraction of sp³-hybridized carbons (Fsp3) is 0.571. The van der Waals surface area contributed by atoms with Gasteiger partial charge >= 0.3 is 0 Å². The van der Waals surface area contributed by atoms with Gasteiger partial charge in [-0.25, -0.2) is 4.98 Å². The third-order valence-corrected chi connectivity index (χ3v) is 3.50. The van der Waals surface area contributed by atoms with Crippen LogP contribution in [0.4, 0.5) is 11.5 Å². The summed E-state index contributed by atoms with van der Waals surface area (Å²) in [5.74, 6) is 0.917. The second kappa shape index (κ2) is 6.19. The summed E-state index contributed by atoms with van der Waals surface area (Å²) in [5.41, 5.74) is 0.740. The van der Waals surface area contributed by atoms with Crippen LogP contribution in [0.1, 0.15) is 12.8 Å². The Morgan fingerprint density at radius 1 is 1.35 bits per heavy atom. The molecule has 6 nitrogen and oxygen atoms in total. The number of aromatic nitrogens is 1. The molecule has 0 atom stereocenters. The maximum atomic E-state index is 11.7. The molecule has 2 fully saturated rings. The summed E-state index contributed by atoms with van der Waals surface area (Å²) in [7, 11) is 0. The van der Waals surface area contributed by atoms with Gasteiger partial charge < -0.3 is 20.3 Å². The maximum Gasteiger partial charge on any atom is 0.238 e. The van der Waals surface area contributed by atoms with Crippen LogP contribution in [0, 0.1) is 0 Å². The van der Waals surface area contributed by atoms with Crippen molar-refractivity contribution in [2.24, 2.45) is 0 Å². The lowest BCUT2D eigenvalue weighted by atomic mass is 10.3. The summed E-state index contributed by atoms with van der Waals surface area (Å²) < 4.78 is 5.32. The van der Waals surface area contributed by atoms with Gasteiger partial charge in [-0.3, -0.25) is 4.79 Å². The molecule has 0 bridgehead atoms. The first-order chi connectivity index (χ1) is 9.81. The van der Waals surface area contributed by atoms with E-state index in [9.17, 15) is 4.79 Å². The normalized spacial score (nSPS) is 18.9. The number of rotatable bonds is 5. The van der Waals surface area contributed by atoms with Crippen molar-refractivity contribution in [1.29, 1.82) is 0 Å².